The van der Waals surface area contributed by atoms with E-state index in [1.165, 1.54) is 16.7 Å². The highest BCUT2D eigenvalue weighted by molar-refractivity contribution is 8.26. The van der Waals surface area contributed by atoms with Crippen LogP contribution >= 0.6 is 24.0 Å². The van der Waals surface area contributed by atoms with Crippen LogP contribution < -0.4 is 0 Å². The second-order valence-corrected chi connectivity index (χ2v) is 5.32. The lowest BCUT2D eigenvalue weighted by Gasteiger charge is -2.03. The summed E-state index contributed by atoms with van der Waals surface area (Å²) in [7, 11) is 1.68. The molecule has 2 rings (SSSR count). The molecule has 88 valence electrons. The fourth-order valence-corrected chi connectivity index (χ4v) is 2.62. The zero-order valence-corrected chi connectivity index (χ0v) is 11.1. The minimum Gasteiger partial charge on any atom is -0.465 e. The van der Waals surface area contributed by atoms with Crippen LogP contribution in [0.3, 0.4) is 0 Å². The van der Waals surface area contributed by atoms with Crippen molar-refractivity contribution in [2.24, 2.45) is 0 Å². The lowest BCUT2D eigenvalue weighted by atomic mass is 10.2. The average Bonchev–Trinajstić information content (AvgIpc) is 2.85. The van der Waals surface area contributed by atoms with Crippen LogP contribution in [0.15, 0.2) is 39.4 Å². The van der Waals surface area contributed by atoms with Gasteiger partial charge in [0.15, 0.2) is 0 Å². The Hall–Kier alpha value is -1.33. The summed E-state index contributed by atoms with van der Waals surface area (Å²) in [6.45, 7) is 1.92. The summed E-state index contributed by atoms with van der Waals surface area (Å²) in [6.07, 6.45) is 5.32. The lowest BCUT2D eigenvalue weighted by Crippen LogP contribution is -2.22. The highest BCUT2D eigenvalue weighted by Gasteiger charge is 2.28. The fourth-order valence-electron chi connectivity index (χ4n) is 1.39. The molecule has 5 heteroatoms. The molecule has 1 aliphatic heterocycles. The van der Waals surface area contributed by atoms with Crippen LogP contribution in [0.4, 0.5) is 0 Å². The molecule has 3 nitrogen and oxygen atoms in total. The Balaban J connectivity index is 2.21. The topological polar surface area (TPSA) is 33.5 Å². The molecule has 2 heterocycles. The molecule has 0 aromatic carbocycles. The molecule has 0 spiro atoms. The molecule has 1 saturated heterocycles. The molecule has 1 aliphatic rings. The summed E-state index contributed by atoms with van der Waals surface area (Å²) in [5.41, 5.74) is 0.953. The third-order valence-corrected chi connectivity index (χ3v) is 3.74. The molecule has 0 atom stereocenters. The van der Waals surface area contributed by atoms with Crippen LogP contribution in [-0.2, 0) is 4.79 Å². The summed E-state index contributed by atoms with van der Waals surface area (Å²) in [5.74, 6) is 0.720. The molecule has 0 N–H and O–H groups in total. The number of thioether (sulfide) groups is 1. The summed E-state index contributed by atoms with van der Waals surface area (Å²) in [6, 6.07) is 3.69. The van der Waals surface area contributed by atoms with Crippen LogP contribution in [0.5, 0.6) is 0 Å². The molecule has 0 bridgehead atoms. The van der Waals surface area contributed by atoms with Crippen LogP contribution in [-0.4, -0.2) is 22.2 Å². The highest BCUT2D eigenvalue weighted by atomic mass is 32.2. The van der Waals surface area contributed by atoms with Crippen molar-refractivity contribution in [2.75, 3.05) is 7.05 Å². The number of hydrogen-bond acceptors (Lipinski definition) is 4. The van der Waals surface area contributed by atoms with Gasteiger partial charge in [-0.05, 0) is 36.8 Å². The van der Waals surface area contributed by atoms with E-state index in [0.717, 1.165) is 11.3 Å². The van der Waals surface area contributed by atoms with Crippen molar-refractivity contribution in [3.05, 3.63) is 40.7 Å². The van der Waals surface area contributed by atoms with Gasteiger partial charge in [-0.3, -0.25) is 9.69 Å². The summed E-state index contributed by atoms with van der Waals surface area (Å²) in [4.78, 5) is 13.9. The van der Waals surface area contributed by atoms with Crippen LogP contribution in [0.25, 0.3) is 6.08 Å². The van der Waals surface area contributed by atoms with Gasteiger partial charge in [0, 0.05) is 7.05 Å². The summed E-state index contributed by atoms with van der Waals surface area (Å²) >= 11 is 6.37. The summed E-state index contributed by atoms with van der Waals surface area (Å²) in [5, 5.41) is 0. The van der Waals surface area contributed by atoms with Gasteiger partial charge in [-0.1, -0.05) is 24.0 Å². The van der Waals surface area contributed by atoms with Crippen molar-refractivity contribution >= 4 is 40.3 Å². The second kappa shape index (κ2) is 4.89. The number of rotatable bonds is 2. The zero-order chi connectivity index (χ0) is 12.4. The van der Waals surface area contributed by atoms with E-state index < -0.39 is 0 Å². The Labute approximate surface area is 109 Å². The Morgan fingerprint density at radius 2 is 2.35 bits per heavy atom. The lowest BCUT2D eigenvalue weighted by molar-refractivity contribution is -0.121. The van der Waals surface area contributed by atoms with E-state index in [4.69, 9.17) is 16.6 Å². The number of hydrogen-bond donors (Lipinski definition) is 0. The van der Waals surface area contributed by atoms with Gasteiger partial charge in [-0.2, -0.15) is 0 Å². The fraction of sp³-hybridized carbons (Fsp3) is 0.167. The number of nitrogens with zero attached hydrogens (tertiary/aromatic N) is 1. The first-order valence-corrected chi connectivity index (χ1v) is 6.24. The third kappa shape index (κ3) is 2.68. The Morgan fingerprint density at radius 1 is 1.59 bits per heavy atom. The molecule has 1 fully saturated rings. The van der Waals surface area contributed by atoms with Crippen molar-refractivity contribution in [2.45, 2.75) is 6.92 Å². The highest BCUT2D eigenvalue weighted by Crippen LogP contribution is 2.30. The molecule has 0 aliphatic carbocycles. The van der Waals surface area contributed by atoms with E-state index in [2.05, 4.69) is 0 Å². The van der Waals surface area contributed by atoms with Crippen LogP contribution in [0, 0.1) is 0 Å². The monoisotopic (exact) mass is 265 g/mol. The van der Waals surface area contributed by atoms with Gasteiger partial charge in [0.1, 0.15) is 10.1 Å². The normalized spacial score (nSPS) is 19.5. The van der Waals surface area contributed by atoms with Crippen molar-refractivity contribution in [3.8, 4) is 0 Å². The number of allylic oxidation sites excluding steroid dienone is 2. The van der Waals surface area contributed by atoms with Crippen LogP contribution in [0.1, 0.15) is 12.7 Å². The predicted molar refractivity (Wildman–Crippen MR) is 73.4 cm³/mol. The van der Waals surface area contributed by atoms with Crippen LogP contribution in [0.2, 0.25) is 0 Å². The van der Waals surface area contributed by atoms with Gasteiger partial charge in [-0.25, -0.2) is 0 Å². The van der Waals surface area contributed by atoms with Gasteiger partial charge in [-0.15, -0.1) is 0 Å². The average molecular weight is 265 g/mol. The maximum Gasteiger partial charge on any atom is 0.265 e. The minimum absolute atomic E-state index is 0.0489. The number of likely N-dealkylation sites (N-methyl/N-ethyl adjacent to an activating group) is 1. The van der Waals surface area contributed by atoms with Crippen molar-refractivity contribution in [1.29, 1.82) is 0 Å². The Morgan fingerprint density at radius 3 is 2.88 bits per heavy atom. The van der Waals surface area contributed by atoms with Crippen molar-refractivity contribution in [1.82, 2.24) is 4.90 Å². The first kappa shape index (κ1) is 12.1. The maximum atomic E-state index is 11.8. The van der Waals surface area contributed by atoms with Gasteiger partial charge in [0.2, 0.25) is 0 Å². The molecule has 0 saturated carbocycles. The number of thiocarbonyl (C=S) groups is 1. The first-order chi connectivity index (χ1) is 8.08. The molecular formula is C12H11NO2S2. The minimum atomic E-state index is -0.0489. The SMILES string of the molecule is CC(=C/c1ccco1)/C=C1\SC(=S)N(C)C1=O. The Bertz CT molecular complexity index is 515. The number of furan rings is 1. The van der Waals surface area contributed by atoms with Gasteiger partial charge >= 0.3 is 0 Å². The summed E-state index contributed by atoms with van der Waals surface area (Å²) < 4.78 is 5.79. The molecule has 1 aromatic heterocycles. The molecule has 1 aromatic rings. The first-order valence-electron chi connectivity index (χ1n) is 5.01. The maximum absolute atomic E-state index is 11.8. The molecule has 0 radical (unpaired) electrons. The molecule has 0 unspecified atom stereocenters. The van der Waals surface area contributed by atoms with Crippen molar-refractivity contribution in [3.63, 3.8) is 0 Å². The standard InChI is InChI=1S/C12H11NO2S2/c1-8(6-9-4-3-5-15-9)7-10-11(14)13(2)12(16)17-10/h3-7H,1-2H3/b8-6-,10-7-. The van der Waals surface area contributed by atoms with E-state index in [-0.39, 0.29) is 5.91 Å². The molecular weight excluding hydrogens is 254 g/mol. The van der Waals surface area contributed by atoms with E-state index in [0.29, 0.717) is 9.23 Å². The van der Waals surface area contributed by atoms with E-state index >= 15 is 0 Å². The quantitative estimate of drug-likeness (QED) is 0.608. The molecule has 1 amide bonds. The third-order valence-electron chi connectivity index (χ3n) is 2.26. The Kier molecular flexibility index (Phi) is 3.49. The number of carbonyl (C=O) groups is 1. The van der Waals surface area contributed by atoms with Gasteiger partial charge in [0.25, 0.3) is 5.91 Å². The number of amides is 1. The predicted octanol–water partition coefficient (Wildman–Crippen LogP) is 3.06. The number of carbonyl (C=O) groups excluding carboxylic acids is 1. The molecule has 17 heavy (non-hydrogen) atoms. The van der Waals surface area contributed by atoms with E-state index in [1.54, 1.807) is 13.3 Å². The zero-order valence-electron chi connectivity index (χ0n) is 9.47. The smallest absolute Gasteiger partial charge is 0.265 e. The van der Waals surface area contributed by atoms with E-state index in [9.17, 15) is 4.79 Å². The van der Waals surface area contributed by atoms with Crippen molar-refractivity contribution < 1.29 is 9.21 Å². The van der Waals surface area contributed by atoms with E-state index in [1.807, 2.05) is 31.2 Å². The largest absolute Gasteiger partial charge is 0.465 e. The second-order valence-electron chi connectivity index (χ2n) is 3.64. The van der Waals surface area contributed by atoms with Gasteiger partial charge < -0.3 is 4.42 Å². The van der Waals surface area contributed by atoms with Gasteiger partial charge in [0.05, 0.1) is 11.2 Å².